The normalized spacial score (nSPS) is 21.6. The summed E-state index contributed by atoms with van der Waals surface area (Å²) in [5, 5.41) is 3.79. The third-order valence-corrected chi connectivity index (χ3v) is 3.48. The van der Waals surface area contributed by atoms with E-state index in [0.29, 0.717) is 0 Å². The van der Waals surface area contributed by atoms with Gasteiger partial charge in [0.05, 0.1) is 19.1 Å². The van der Waals surface area contributed by atoms with Crippen LogP contribution >= 0.6 is 0 Å². The van der Waals surface area contributed by atoms with Gasteiger partial charge in [-0.25, -0.2) is 0 Å². The van der Waals surface area contributed by atoms with Crippen molar-refractivity contribution >= 4 is 15.8 Å². The second-order valence-corrected chi connectivity index (χ2v) is 6.14. The first-order chi connectivity index (χ1) is 8.99. The van der Waals surface area contributed by atoms with Crippen LogP contribution in [0.25, 0.3) is 0 Å². The second-order valence-electron chi connectivity index (χ2n) is 4.58. The molecule has 1 unspecified atom stereocenters. The molecular formula is C13H17NO4S. The lowest BCUT2D eigenvalue weighted by Gasteiger charge is -2.11. The number of methoxy groups -OCH3 is 1. The molecular weight excluding hydrogens is 266 g/mol. The Bertz CT molecular complexity index is 563. The summed E-state index contributed by atoms with van der Waals surface area (Å²) in [5.41, 5.74) is 1.89. The molecule has 0 radical (unpaired) electrons. The van der Waals surface area contributed by atoms with Gasteiger partial charge in [-0.1, -0.05) is 17.3 Å². The molecule has 104 valence electrons. The van der Waals surface area contributed by atoms with Crippen molar-refractivity contribution in [1.29, 1.82) is 0 Å². The molecule has 1 aromatic carbocycles. The fraction of sp³-hybridized carbons (Fsp3) is 0.462. The van der Waals surface area contributed by atoms with Crippen LogP contribution in [0.4, 0.5) is 0 Å². The summed E-state index contributed by atoms with van der Waals surface area (Å²) >= 11 is 0. The summed E-state index contributed by atoms with van der Waals surface area (Å²) < 4.78 is 31.6. The van der Waals surface area contributed by atoms with Gasteiger partial charge < -0.3 is 4.74 Å². The van der Waals surface area contributed by atoms with E-state index in [0.717, 1.165) is 42.5 Å². The van der Waals surface area contributed by atoms with E-state index in [2.05, 4.69) is 9.44 Å². The Morgan fingerprint density at radius 1 is 1.26 bits per heavy atom. The molecule has 1 aromatic rings. The van der Waals surface area contributed by atoms with E-state index in [1.807, 2.05) is 24.3 Å². The van der Waals surface area contributed by atoms with Crippen LogP contribution < -0.4 is 4.74 Å². The van der Waals surface area contributed by atoms with E-state index in [9.17, 15) is 8.42 Å². The monoisotopic (exact) mass is 283 g/mol. The topological polar surface area (TPSA) is 65.0 Å². The van der Waals surface area contributed by atoms with Crippen molar-refractivity contribution in [2.24, 2.45) is 5.16 Å². The average molecular weight is 283 g/mol. The van der Waals surface area contributed by atoms with Crippen LogP contribution in [0.2, 0.25) is 0 Å². The molecule has 0 aliphatic heterocycles. The quantitative estimate of drug-likeness (QED) is 0.795. The molecule has 0 aromatic heterocycles. The maximum atomic E-state index is 11.0. The molecule has 0 N–H and O–H groups in total. The molecule has 0 spiro atoms. The third-order valence-electron chi connectivity index (χ3n) is 3.14. The zero-order chi connectivity index (χ0) is 13.9. The van der Waals surface area contributed by atoms with Crippen molar-refractivity contribution < 1.29 is 17.4 Å². The van der Waals surface area contributed by atoms with E-state index >= 15 is 0 Å². The molecule has 0 saturated heterocycles. The van der Waals surface area contributed by atoms with E-state index < -0.39 is 10.1 Å². The van der Waals surface area contributed by atoms with Crippen LogP contribution in [0.5, 0.6) is 5.75 Å². The molecule has 2 rings (SSSR count). The predicted molar refractivity (Wildman–Crippen MR) is 72.9 cm³/mol. The third kappa shape index (κ3) is 3.70. The number of nitrogens with zero attached hydrogens (tertiary/aromatic N) is 1. The summed E-state index contributed by atoms with van der Waals surface area (Å²) in [6.07, 6.45) is 3.71. The van der Waals surface area contributed by atoms with Gasteiger partial charge in [0.25, 0.3) is 0 Å². The highest BCUT2D eigenvalue weighted by molar-refractivity contribution is 7.85. The number of oxime groups is 1. The number of hydrogen-bond acceptors (Lipinski definition) is 5. The maximum Gasteiger partial charge on any atom is 0.325 e. The average Bonchev–Trinajstić information content (AvgIpc) is 2.84. The van der Waals surface area contributed by atoms with Gasteiger partial charge in [0.1, 0.15) is 5.75 Å². The van der Waals surface area contributed by atoms with E-state index in [4.69, 9.17) is 4.74 Å². The van der Waals surface area contributed by atoms with Crippen molar-refractivity contribution in [3.63, 3.8) is 0 Å². The molecule has 0 bridgehead atoms. The van der Waals surface area contributed by atoms with Crippen LogP contribution in [-0.2, 0) is 14.4 Å². The fourth-order valence-corrected chi connectivity index (χ4v) is 2.48. The summed E-state index contributed by atoms with van der Waals surface area (Å²) in [4.78, 5) is 0. The molecule has 6 heteroatoms. The van der Waals surface area contributed by atoms with Gasteiger partial charge in [0.15, 0.2) is 0 Å². The lowest BCUT2D eigenvalue weighted by molar-refractivity contribution is 0.341. The van der Waals surface area contributed by atoms with Crippen LogP contribution in [0, 0.1) is 0 Å². The van der Waals surface area contributed by atoms with Gasteiger partial charge in [-0.2, -0.15) is 8.42 Å². The first kappa shape index (κ1) is 13.9. The Balaban J connectivity index is 2.18. The molecule has 5 nitrogen and oxygen atoms in total. The standard InChI is InChI=1S/C13H17NO4S/c1-17-11-8-6-10(7-9-11)12-4-3-5-13(12)14-18-19(2,15)16/h6-9,12H,3-5H2,1-2H3. The first-order valence-corrected chi connectivity index (χ1v) is 7.90. The molecule has 19 heavy (non-hydrogen) atoms. The van der Waals surface area contributed by atoms with E-state index in [1.54, 1.807) is 7.11 Å². The van der Waals surface area contributed by atoms with Crippen LogP contribution in [0.3, 0.4) is 0 Å². The highest BCUT2D eigenvalue weighted by Crippen LogP contribution is 2.33. The molecule has 0 heterocycles. The van der Waals surface area contributed by atoms with Gasteiger partial charge >= 0.3 is 10.1 Å². The highest BCUT2D eigenvalue weighted by Gasteiger charge is 2.25. The van der Waals surface area contributed by atoms with E-state index in [1.165, 1.54) is 0 Å². The maximum absolute atomic E-state index is 11.0. The second kappa shape index (κ2) is 5.61. The van der Waals surface area contributed by atoms with Gasteiger partial charge in [-0.05, 0) is 37.0 Å². The smallest absolute Gasteiger partial charge is 0.325 e. The number of ether oxygens (including phenoxy) is 1. The molecule has 0 amide bonds. The molecule has 1 aliphatic rings. The molecule has 1 saturated carbocycles. The van der Waals surface area contributed by atoms with Crippen molar-refractivity contribution in [3.8, 4) is 5.75 Å². The minimum atomic E-state index is -3.54. The van der Waals surface area contributed by atoms with Crippen LogP contribution in [0.1, 0.15) is 30.7 Å². The fourth-order valence-electron chi connectivity index (χ4n) is 2.25. The SMILES string of the molecule is COc1ccc(C2CCCC2=NOS(C)(=O)=O)cc1. The van der Waals surface area contributed by atoms with Crippen molar-refractivity contribution in [3.05, 3.63) is 29.8 Å². The largest absolute Gasteiger partial charge is 0.497 e. The Hall–Kier alpha value is -1.56. The zero-order valence-corrected chi connectivity index (χ0v) is 11.8. The van der Waals surface area contributed by atoms with Crippen LogP contribution in [0.15, 0.2) is 29.4 Å². The molecule has 1 aliphatic carbocycles. The minimum absolute atomic E-state index is 0.132. The summed E-state index contributed by atoms with van der Waals surface area (Å²) in [6, 6.07) is 7.74. The Kier molecular flexibility index (Phi) is 4.09. The van der Waals surface area contributed by atoms with Gasteiger partial charge in [0.2, 0.25) is 0 Å². The minimum Gasteiger partial charge on any atom is -0.497 e. The summed E-state index contributed by atoms with van der Waals surface area (Å²) in [6.45, 7) is 0. The van der Waals surface area contributed by atoms with Crippen molar-refractivity contribution in [1.82, 2.24) is 0 Å². The van der Waals surface area contributed by atoms with Gasteiger partial charge in [0, 0.05) is 5.92 Å². The lowest BCUT2D eigenvalue weighted by atomic mass is 9.96. The first-order valence-electron chi connectivity index (χ1n) is 6.09. The van der Waals surface area contributed by atoms with Crippen molar-refractivity contribution in [2.45, 2.75) is 25.2 Å². The Labute approximate surface area is 113 Å². The van der Waals surface area contributed by atoms with Gasteiger partial charge in [-0.3, -0.25) is 4.28 Å². The zero-order valence-electron chi connectivity index (χ0n) is 11.0. The molecule has 1 atom stereocenters. The Morgan fingerprint density at radius 2 is 1.95 bits per heavy atom. The van der Waals surface area contributed by atoms with E-state index in [-0.39, 0.29) is 5.92 Å². The summed E-state index contributed by atoms with van der Waals surface area (Å²) in [7, 11) is -1.91. The number of benzene rings is 1. The highest BCUT2D eigenvalue weighted by atomic mass is 32.2. The number of hydrogen-bond donors (Lipinski definition) is 0. The predicted octanol–water partition coefficient (Wildman–Crippen LogP) is 2.29. The summed E-state index contributed by atoms with van der Waals surface area (Å²) in [5.74, 6) is 0.931. The number of rotatable bonds is 4. The van der Waals surface area contributed by atoms with Crippen LogP contribution in [-0.4, -0.2) is 27.5 Å². The van der Waals surface area contributed by atoms with Gasteiger partial charge in [-0.15, -0.1) is 0 Å². The van der Waals surface area contributed by atoms with Crippen molar-refractivity contribution in [2.75, 3.05) is 13.4 Å². The lowest BCUT2D eigenvalue weighted by Crippen LogP contribution is -2.08. The molecule has 1 fully saturated rings. The Morgan fingerprint density at radius 3 is 2.53 bits per heavy atom.